The van der Waals surface area contributed by atoms with Crippen molar-refractivity contribution in [3.63, 3.8) is 0 Å². The number of alkyl halides is 1. The molecule has 6 nitrogen and oxygen atoms in total. The highest BCUT2D eigenvalue weighted by Gasteiger charge is 2.29. The maximum Gasteiger partial charge on any atom is 0.341 e. The summed E-state index contributed by atoms with van der Waals surface area (Å²) in [6.45, 7) is 2.20. The topological polar surface area (TPSA) is 74.6 Å². The number of aromatic carboxylic acids is 1. The zero-order valence-electron chi connectivity index (χ0n) is 13.3. The summed E-state index contributed by atoms with van der Waals surface area (Å²) in [5.74, 6) is -1.77. The third-order valence-electron chi connectivity index (χ3n) is 4.76. The maximum absolute atomic E-state index is 14.8. The van der Waals surface area contributed by atoms with Gasteiger partial charge in [0.2, 0.25) is 5.43 Å². The van der Waals surface area contributed by atoms with E-state index in [1.165, 1.54) is 12.3 Å². The lowest BCUT2D eigenvalue weighted by Gasteiger charge is -2.35. The largest absolute Gasteiger partial charge is 0.477 e. The van der Waals surface area contributed by atoms with Crippen molar-refractivity contribution in [2.75, 3.05) is 24.5 Å². The van der Waals surface area contributed by atoms with E-state index in [4.69, 9.17) is 0 Å². The molecule has 132 valence electrons. The van der Waals surface area contributed by atoms with Crippen molar-refractivity contribution in [1.82, 2.24) is 9.88 Å². The minimum absolute atomic E-state index is 0.109. The van der Waals surface area contributed by atoms with E-state index in [1.807, 2.05) is 9.47 Å². The van der Waals surface area contributed by atoms with Gasteiger partial charge in [0.05, 0.1) is 15.3 Å². The van der Waals surface area contributed by atoms with Crippen molar-refractivity contribution in [3.8, 4) is 0 Å². The number of rotatable bonds is 3. The number of carboxylic acids is 1. The van der Waals surface area contributed by atoms with Crippen LogP contribution < -0.4 is 15.6 Å². The van der Waals surface area contributed by atoms with E-state index in [2.05, 4.69) is 27.9 Å². The first-order chi connectivity index (χ1) is 12.0. The third-order valence-corrected chi connectivity index (χ3v) is 5.87. The van der Waals surface area contributed by atoms with Crippen molar-refractivity contribution in [2.24, 2.45) is 0 Å². The van der Waals surface area contributed by atoms with Crippen LogP contribution in [0.5, 0.6) is 0 Å². The second-order valence-electron chi connectivity index (χ2n) is 6.47. The first kappa shape index (κ1) is 16.8. The molecule has 1 atom stereocenters. The minimum Gasteiger partial charge on any atom is -0.477 e. The summed E-state index contributed by atoms with van der Waals surface area (Å²) in [4.78, 5) is 25.8. The number of halogens is 2. The van der Waals surface area contributed by atoms with Gasteiger partial charge in [-0.1, -0.05) is 22.6 Å². The first-order valence-corrected chi connectivity index (χ1v) is 9.45. The molecule has 1 unspecified atom stereocenters. The molecule has 2 fully saturated rings. The Labute approximate surface area is 156 Å². The number of anilines is 1. The second-order valence-corrected chi connectivity index (χ2v) is 7.91. The van der Waals surface area contributed by atoms with Crippen LogP contribution >= 0.6 is 22.6 Å². The molecular weight excluding hydrogens is 440 g/mol. The zero-order chi connectivity index (χ0) is 17.7. The molecule has 2 heterocycles. The molecule has 0 radical (unpaired) electrons. The van der Waals surface area contributed by atoms with Gasteiger partial charge in [0.1, 0.15) is 11.4 Å². The van der Waals surface area contributed by atoms with Gasteiger partial charge < -0.3 is 19.9 Å². The molecule has 2 N–H and O–H groups in total. The molecule has 25 heavy (non-hydrogen) atoms. The van der Waals surface area contributed by atoms with E-state index in [-0.39, 0.29) is 21.0 Å². The fourth-order valence-electron chi connectivity index (χ4n) is 3.33. The van der Waals surface area contributed by atoms with E-state index in [0.717, 1.165) is 25.9 Å². The summed E-state index contributed by atoms with van der Waals surface area (Å²) in [6.07, 6.45) is 3.28. The molecule has 1 aromatic heterocycles. The molecule has 0 amide bonds. The van der Waals surface area contributed by atoms with Crippen LogP contribution in [-0.2, 0) is 0 Å². The van der Waals surface area contributed by atoms with E-state index in [1.54, 1.807) is 6.07 Å². The average molecular weight is 457 g/mol. The molecule has 0 bridgehead atoms. The van der Waals surface area contributed by atoms with Gasteiger partial charge >= 0.3 is 5.97 Å². The molecule has 0 spiro atoms. The Morgan fingerprint density at radius 2 is 2.12 bits per heavy atom. The highest BCUT2D eigenvalue weighted by molar-refractivity contribution is 14.1. The lowest BCUT2D eigenvalue weighted by molar-refractivity contribution is 0.0695. The van der Waals surface area contributed by atoms with E-state index in [0.29, 0.717) is 17.7 Å². The molecular formula is C17H17FIN3O3. The molecule has 1 aliphatic heterocycles. The lowest BCUT2D eigenvalue weighted by Crippen LogP contribution is -2.48. The first-order valence-electron chi connectivity index (χ1n) is 8.20. The number of hydrogen-bond acceptors (Lipinski definition) is 4. The van der Waals surface area contributed by atoms with Crippen LogP contribution in [-0.4, -0.2) is 39.3 Å². The van der Waals surface area contributed by atoms with Crippen molar-refractivity contribution >= 4 is 45.2 Å². The lowest BCUT2D eigenvalue weighted by atomic mass is 10.1. The third kappa shape index (κ3) is 2.91. The number of pyridine rings is 1. The zero-order valence-corrected chi connectivity index (χ0v) is 15.5. The van der Waals surface area contributed by atoms with Crippen molar-refractivity contribution < 1.29 is 14.3 Å². The van der Waals surface area contributed by atoms with Gasteiger partial charge in [-0.3, -0.25) is 4.79 Å². The minimum atomic E-state index is -1.28. The SMILES string of the molecule is O=C(O)c1cn(C2CC2)c2cc(N3CCNCC3I)c(F)cc2c1=O. The fourth-order valence-corrected chi connectivity index (χ4v) is 4.22. The summed E-state index contributed by atoms with van der Waals surface area (Å²) >= 11 is 2.27. The predicted octanol–water partition coefficient (Wildman–Crippen LogP) is 2.34. The smallest absolute Gasteiger partial charge is 0.341 e. The Bertz CT molecular complexity index is 925. The Morgan fingerprint density at radius 1 is 1.36 bits per heavy atom. The van der Waals surface area contributed by atoms with Crippen LogP contribution in [0.2, 0.25) is 0 Å². The van der Waals surface area contributed by atoms with Gasteiger partial charge in [-0.25, -0.2) is 9.18 Å². The Kier molecular flexibility index (Phi) is 4.19. The molecule has 1 aromatic carbocycles. The van der Waals surface area contributed by atoms with Crippen molar-refractivity contribution in [2.45, 2.75) is 22.9 Å². The van der Waals surface area contributed by atoms with E-state index < -0.39 is 17.2 Å². The molecule has 2 aliphatic rings. The Hall–Kier alpha value is -1.68. The molecule has 4 rings (SSSR count). The standard InChI is InChI=1S/C17H17FIN3O3/c18-12-5-10-13(6-14(12)21-4-3-20-7-15(21)19)22(9-1-2-9)8-11(16(10)23)17(24)25/h5-6,8-9,15,20H,1-4,7H2,(H,24,25). The number of carboxylic acid groups (broad SMARTS) is 1. The van der Waals surface area contributed by atoms with Gasteiger partial charge in [0.15, 0.2) is 0 Å². The van der Waals surface area contributed by atoms with Gasteiger partial charge in [0.25, 0.3) is 0 Å². The van der Waals surface area contributed by atoms with Crippen molar-refractivity contribution in [1.29, 1.82) is 0 Å². The van der Waals surface area contributed by atoms with Gasteiger partial charge in [-0.15, -0.1) is 0 Å². The monoisotopic (exact) mass is 457 g/mol. The summed E-state index contributed by atoms with van der Waals surface area (Å²) < 4.78 is 16.7. The Morgan fingerprint density at radius 3 is 2.76 bits per heavy atom. The van der Waals surface area contributed by atoms with Crippen molar-refractivity contribution in [3.05, 3.63) is 39.9 Å². The highest BCUT2D eigenvalue weighted by Crippen LogP contribution is 2.38. The van der Waals surface area contributed by atoms with Crippen LogP contribution in [0.15, 0.2) is 23.1 Å². The molecule has 8 heteroatoms. The summed E-state index contributed by atoms with van der Waals surface area (Å²) in [5, 5.41) is 12.7. The number of nitrogens with zero attached hydrogens (tertiary/aromatic N) is 2. The Balaban J connectivity index is 1.95. The average Bonchev–Trinajstić information content (AvgIpc) is 3.40. The number of piperazine rings is 1. The van der Waals surface area contributed by atoms with E-state index >= 15 is 0 Å². The van der Waals surface area contributed by atoms with Gasteiger partial charge in [-0.05, 0) is 25.0 Å². The molecule has 1 saturated carbocycles. The second kappa shape index (κ2) is 6.24. The summed E-state index contributed by atoms with van der Waals surface area (Å²) in [7, 11) is 0. The number of carbonyl (C=O) groups is 1. The summed E-state index contributed by atoms with van der Waals surface area (Å²) in [5.41, 5.74) is 0.137. The number of aromatic nitrogens is 1. The number of nitrogens with one attached hydrogen (secondary N) is 1. The number of fused-ring (bicyclic) bond motifs is 1. The normalized spacial score (nSPS) is 20.9. The quantitative estimate of drug-likeness (QED) is 0.421. The van der Waals surface area contributed by atoms with Crippen LogP contribution in [0.3, 0.4) is 0 Å². The van der Waals surface area contributed by atoms with Crippen LogP contribution in [0.4, 0.5) is 10.1 Å². The summed E-state index contributed by atoms with van der Waals surface area (Å²) in [6, 6.07) is 3.08. The maximum atomic E-state index is 14.8. The van der Waals surface area contributed by atoms with Crippen LogP contribution in [0, 0.1) is 5.82 Å². The van der Waals surface area contributed by atoms with E-state index in [9.17, 15) is 19.1 Å². The number of hydrogen-bond donors (Lipinski definition) is 2. The van der Waals surface area contributed by atoms with Crippen LogP contribution in [0.25, 0.3) is 10.9 Å². The van der Waals surface area contributed by atoms with Crippen LogP contribution in [0.1, 0.15) is 29.2 Å². The fraction of sp³-hybridized carbons (Fsp3) is 0.412. The molecule has 1 aliphatic carbocycles. The molecule has 1 saturated heterocycles. The van der Waals surface area contributed by atoms with Gasteiger partial charge in [0, 0.05) is 37.3 Å². The predicted molar refractivity (Wildman–Crippen MR) is 101 cm³/mol. The highest BCUT2D eigenvalue weighted by atomic mass is 127. The number of benzene rings is 1. The van der Waals surface area contributed by atoms with Gasteiger partial charge in [-0.2, -0.15) is 0 Å². The molecule has 2 aromatic rings.